The molecule has 0 amide bonds. The van der Waals surface area contributed by atoms with Gasteiger partial charge >= 0.3 is 0 Å². The van der Waals surface area contributed by atoms with E-state index in [0.29, 0.717) is 34.0 Å². The van der Waals surface area contributed by atoms with E-state index in [1.807, 2.05) is 6.07 Å². The Bertz CT molecular complexity index is 1030. The average molecular weight is 346 g/mol. The summed E-state index contributed by atoms with van der Waals surface area (Å²) in [7, 11) is 0. The van der Waals surface area contributed by atoms with E-state index in [0.717, 1.165) is 0 Å². The predicted molar refractivity (Wildman–Crippen MR) is 93.8 cm³/mol. The third-order valence-corrected chi connectivity index (χ3v) is 3.82. The van der Waals surface area contributed by atoms with E-state index in [2.05, 4.69) is 20.2 Å². The Kier molecular flexibility index (Phi) is 4.15. The number of rotatable bonds is 3. The topological polar surface area (TPSA) is 51.6 Å². The maximum atomic E-state index is 13.3. The van der Waals surface area contributed by atoms with Gasteiger partial charge in [-0.2, -0.15) is 0 Å². The molecule has 0 spiro atoms. The van der Waals surface area contributed by atoms with E-state index < -0.39 is 0 Å². The van der Waals surface area contributed by atoms with Crippen molar-refractivity contribution < 1.29 is 8.78 Å². The van der Waals surface area contributed by atoms with E-state index in [1.165, 1.54) is 24.3 Å². The van der Waals surface area contributed by atoms with Gasteiger partial charge in [0.25, 0.3) is 0 Å². The number of nitrogens with zero attached hydrogens (tertiary/aromatic N) is 4. The summed E-state index contributed by atoms with van der Waals surface area (Å²) in [6.07, 6.45) is 1.64. The second-order valence-corrected chi connectivity index (χ2v) is 5.56. The van der Waals surface area contributed by atoms with Gasteiger partial charge in [0.2, 0.25) is 5.82 Å². The molecule has 126 valence electrons. The minimum atomic E-state index is -0.344. The molecule has 26 heavy (non-hydrogen) atoms. The summed E-state index contributed by atoms with van der Waals surface area (Å²) >= 11 is 0. The summed E-state index contributed by atoms with van der Waals surface area (Å²) in [6.45, 7) is 0. The van der Waals surface area contributed by atoms with Crippen LogP contribution >= 0.6 is 0 Å². The van der Waals surface area contributed by atoms with Gasteiger partial charge in [-0.25, -0.2) is 13.8 Å². The molecule has 6 heteroatoms. The molecule has 0 unspecified atom stereocenters. The number of halogens is 2. The van der Waals surface area contributed by atoms with E-state index >= 15 is 0 Å². The third-order valence-electron chi connectivity index (χ3n) is 3.82. The van der Waals surface area contributed by atoms with Gasteiger partial charge in [0.1, 0.15) is 28.7 Å². The van der Waals surface area contributed by atoms with Crippen molar-refractivity contribution in [3.63, 3.8) is 0 Å². The van der Waals surface area contributed by atoms with Crippen LogP contribution in [0.2, 0.25) is 0 Å². The smallest absolute Gasteiger partial charge is 0.201 e. The first-order chi connectivity index (χ1) is 12.7. The lowest BCUT2D eigenvalue weighted by Gasteiger charge is -2.09. The van der Waals surface area contributed by atoms with Crippen LogP contribution in [0.5, 0.6) is 0 Å². The molecule has 0 N–H and O–H groups in total. The largest absolute Gasteiger partial charge is 0.253 e. The van der Waals surface area contributed by atoms with Crippen molar-refractivity contribution >= 4 is 0 Å². The average Bonchev–Trinajstić information content (AvgIpc) is 2.70. The van der Waals surface area contributed by atoms with Gasteiger partial charge in [-0.05, 0) is 60.7 Å². The highest BCUT2D eigenvalue weighted by Gasteiger charge is 2.15. The molecule has 4 aromatic rings. The van der Waals surface area contributed by atoms with Gasteiger partial charge in [-0.3, -0.25) is 4.98 Å². The van der Waals surface area contributed by atoms with Crippen molar-refractivity contribution in [3.8, 4) is 34.0 Å². The molecule has 0 fully saturated rings. The predicted octanol–water partition coefficient (Wildman–Crippen LogP) is 4.55. The Morgan fingerprint density at radius 1 is 0.615 bits per heavy atom. The van der Waals surface area contributed by atoms with Crippen molar-refractivity contribution in [2.75, 3.05) is 0 Å². The van der Waals surface area contributed by atoms with Crippen molar-refractivity contribution in [1.82, 2.24) is 20.2 Å². The first-order valence-electron chi connectivity index (χ1n) is 7.89. The lowest BCUT2D eigenvalue weighted by molar-refractivity contribution is 0.627. The zero-order chi connectivity index (χ0) is 17.9. The van der Waals surface area contributed by atoms with Crippen LogP contribution < -0.4 is 0 Å². The van der Waals surface area contributed by atoms with Crippen molar-refractivity contribution in [2.24, 2.45) is 0 Å². The van der Waals surface area contributed by atoms with Crippen LogP contribution in [0.15, 0.2) is 72.9 Å². The van der Waals surface area contributed by atoms with Crippen LogP contribution in [-0.4, -0.2) is 20.2 Å². The summed E-state index contributed by atoms with van der Waals surface area (Å²) in [5.74, 6) is -0.331. The molecule has 0 saturated carbocycles. The second-order valence-electron chi connectivity index (χ2n) is 5.56. The number of aromatic nitrogens is 4. The summed E-state index contributed by atoms with van der Waals surface area (Å²) in [5.41, 5.74) is 2.92. The molecular formula is C20H12F2N4. The zero-order valence-corrected chi connectivity index (χ0v) is 13.5. The Labute approximate surface area is 148 Å². The Morgan fingerprint density at radius 3 is 1.81 bits per heavy atom. The zero-order valence-electron chi connectivity index (χ0n) is 13.5. The highest BCUT2D eigenvalue weighted by atomic mass is 19.1. The number of pyridine rings is 1. The molecule has 0 saturated heterocycles. The van der Waals surface area contributed by atoms with E-state index in [1.54, 1.807) is 42.6 Å². The lowest BCUT2D eigenvalue weighted by atomic mass is 10.0. The minimum absolute atomic E-state index is 0.343. The highest BCUT2D eigenvalue weighted by molar-refractivity contribution is 5.78. The summed E-state index contributed by atoms with van der Waals surface area (Å²) in [5, 5.41) is 8.45. The van der Waals surface area contributed by atoms with Gasteiger partial charge in [-0.15, -0.1) is 10.2 Å². The Hall–Kier alpha value is -3.54. The van der Waals surface area contributed by atoms with Gasteiger partial charge in [0, 0.05) is 17.3 Å². The highest BCUT2D eigenvalue weighted by Crippen LogP contribution is 2.30. The number of benzene rings is 2. The Morgan fingerprint density at radius 2 is 1.23 bits per heavy atom. The molecule has 4 rings (SSSR count). The molecule has 0 bridgehead atoms. The molecule has 0 aliphatic rings. The van der Waals surface area contributed by atoms with Crippen LogP contribution in [0.4, 0.5) is 8.78 Å². The molecule has 2 heterocycles. The fourth-order valence-electron chi connectivity index (χ4n) is 2.54. The van der Waals surface area contributed by atoms with Crippen LogP contribution in [0.3, 0.4) is 0 Å². The standard InChI is InChI=1S/C20H12F2N4/c21-15-8-4-13(5-9-15)18-19(14-6-10-16(22)11-7-14)25-26-20(24-18)17-3-1-2-12-23-17/h1-12H. The summed E-state index contributed by atoms with van der Waals surface area (Å²) in [6, 6.07) is 17.3. The molecule has 2 aromatic carbocycles. The van der Waals surface area contributed by atoms with Gasteiger partial charge < -0.3 is 0 Å². The van der Waals surface area contributed by atoms with Crippen LogP contribution in [0.25, 0.3) is 34.0 Å². The molecule has 0 aliphatic heterocycles. The molecule has 0 radical (unpaired) electrons. The van der Waals surface area contributed by atoms with Crippen LogP contribution in [-0.2, 0) is 0 Å². The van der Waals surface area contributed by atoms with Gasteiger partial charge in [0.15, 0.2) is 0 Å². The second kappa shape index (κ2) is 6.76. The fraction of sp³-hybridized carbons (Fsp3) is 0. The normalized spacial score (nSPS) is 10.7. The Balaban J connectivity index is 1.90. The lowest BCUT2D eigenvalue weighted by Crippen LogP contribution is -2.01. The summed E-state index contributed by atoms with van der Waals surface area (Å²) in [4.78, 5) is 8.83. The maximum Gasteiger partial charge on any atom is 0.201 e. The van der Waals surface area contributed by atoms with Crippen molar-refractivity contribution in [2.45, 2.75) is 0 Å². The van der Waals surface area contributed by atoms with Gasteiger partial charge in [-0.1, -0.05) is 6.07 Å². The molecule has 4 nitrogen and oxygen atoms in total. The third kappa shape index (κ3) is 3.17. The fourth-order valence-corrected chi connectivity index (χ4v) is 2.54. The van der Waals surface area contributed by atoms with Crippen molar-refractivity contribution in [1.29, 1.82) is 0 Å². The molecule has 0 atom stereocenters. The minimum Gasteiger partial charge on any atom is -0.253 e. The van der Waals surface area contributed by atoms with E-state index in [4.69, 9.17) is 0 Å². The van der Waals surface area contributed by atoms with Crippen molar-refractivity contribution in [3.05, 3.63) is 84.6 Å². The molecular weight excluding hydrogens is 334 g/mol. The molecule has 2 aromatic heterocycles. The molecule has 0 aliphatic carbocycles. The van der Waals surface area contributed by atoms with Crippen LogP contribution in [0, 0.1) is 11.6 Å². The quantitative estimate of drug-likeness (QED) is 0.546. The van der Waals surface area contributed by atoms with E-state index in [-0.39, 0.29) is 11.6 Å². The number of hydrogen-bond acceptors (Lipinski definition) is 4. The number of hydrogen-bond donors (Lipinski definition) is 0. The van der Waals surface area contributed by atoms with E-state index in [9.17, 15) is 8.78 Å². The van der Waals surface area contributed by atoms with Crippen LogP contribution in [0.1, 0.15) is 0 Å². The SMILES string of the molecule is Fc1ccc(-c2nnc(-c3ccccn3)nc2-c2ccc(F)cc2)cc1. The maximum absolute atomic E-state index is 13.3. The first-order valence-corrected chi connectivity index (χ1v) is 7.89. The van der Waals surface area contributed by atoms with Gasteiger partial charge in [0.05, 0.1) is 0 Å². The monoisotopic (exact) mass is 346 g/mol. The first kappa shape index (κ1) is 16.0. The summed E-state index contributed by atoms with van der Waals surface area (Å²) < 4.78 is 26.6.